The van der Waals surface area contributed by atoms with Crippen molar-refractivity contribution in [3.63, 3.8) is 0 Å². The molecular weight excluding hydrogens is 642 g/mol. The lowest BCUT2D eigenvalue weighted by atomic mass is 10.0. The molecule has 0 spiro atoms. The summed E-state index contributed by atoms with van der Waals surface area (Å²) in [5.74, 6) is -1.51. The quantitative estimate of drug-likeness (QED) is 0.0943. The van der Waals surface area contributed by atoms with Gasteiger partial charge in [-0.15, -0.1) is 0 Å². The highest BCUT2D eigenvalue weighted by Gasteiger charge is 2.39. The highest BCUT2D eigenvalue weighted by atomic mass is 16.6. The molecule has 2 aliphatic heterocycles. The van der Waals surface area contributed by atoms with Crippen LogP contribution in [0.3, 0.4) is 0 Å². The van der Waals surface area contributed by atoms with E-state index in [2.05, 4.69) is 0 Å². The summed E-state index contributed by atoms with van der Waals surface area (Å²) in [6, 6.07) is 24.4. The Bertz CT molecular complexity index is 1730. The Labute approximate surface area is 289 Å². The standard InChI is InChI=1S/C38H37N3O9/c1-26-12-9-23-41(46)34(26)33-31(49-35(42)29-17-10-21-39(29)37(44)47-24-27-13-4-2-5-14-27)19-8-20-32(33)50-36(43)30-18-11-22-40(30)38(45)48-25-28-15-6-3-7-16-28/h2-9,12-16,19-20,23,29-30H,10-11,17-18,21-22,24-25H2,1H3/t29-,30-/m0/s1. The molecule has 12 heteroatoms. The summed E-state index contributed by atoms with van der Waals surface area (Å²) < 4.78 is 23.4. The summed E-state index contributed by atoms with van der Waals surface area (Å²) in [7, 11) is 0. The number of nitrogens with zero attached hydrogens (tertiary/aromatic N) is 3. The Kier molecular flexibility index (Phi) is 10.6. The van der Waals surface area contributed by atoms with Gasteiger partial charge in [0.15, 0.2) is 6.20 Å². The van der Waals surface area contributed by atoms with E-state index < -0.39 is 36.2 Å². The molecule has 1 aromatic heterocycles. The highest BCUT2D eigenvalue weighted by molar-refractivity contribution is 5.88. The Morgan fingerprint density at radius 2 is 1.16 bits per heavy atom. The van der Waals surface area contributed by atoms with Gasteiger partial charge in [0.1, 0.15) is 42.4 Å². The molecule has 258 valence electrons. The molecule has 12 nitrogen and oxygen atoms in total. The summed E-state index contributed by atoms with van der Waals surface area (Å²) in [6.07, 6.45) is 1.84. The summed E-state index contributed by atoms with van der Waals surface area (Å²) in [6.45, 7) is 2.42. The third kappa shape index (κ3) is 7.70. The second-order valence-corrected chi connectivity index (χ2v) is 12.1. The van der Waals surface area contributed by atoms with Gasteiger partial charge in [0, 0.05) is 24.7 Å². The van der Waals surface area contributed by atoms with Crippen molar-refractivity contribution in [2.45, 2.75) is 57.9 Å². The summed E-state index contributed by atoms with van der Waals surface area (Å²) in [4.78, 5) is 56.0. The number of carbonyl (C=O) groups excluding carboxylic acids is 4. The van der Waals surface area contributed by atoms with Crippen LogP contribution < -0.4 is 14.2 Å². The number of amides is 2. The van der Waals surface area contributed by atoms with Crippen molar-refractivity contribution in [2.24, 2.45) is 0 Å². The van der Waals surface area contributed by atoms with Gasteiger partial charge in [-0.3, -0.25) is 9.80 Å². The maximum Gasteiger partial charge on any atom is 0.410 e. The largest absolute Gasteiger partial charge is 0.618 e. The van der Waals surface area contributed by atoms with Crippen LogP contribution in [-0.4, -0.2) is 59.1 Å². The highest BCUT2D eigenvalue weighted by Crippen LogP contribution is 2.39. The van der Waals surface area contributed by atoms with E-state index in [1.165, 1.54) is 34.2 Å². The number of esters is 2. The third-order valence-electron chi connectivity index (χ3n) is 8.74. The smallest absolute Gasteiger partial charge is 0.410 e. The van der Waals surface area contributed by atoms with E-state index in [4.69, 9.17) is 18.9 Å². The number of aryl methyl sites for hydroxylation is 1. The number of ether oxygens (including phenoxy) is 4. The summed E-state index contributed by atoms with van der Waals surface area (Å²) >= 11 is 0. The SMILES string of the molecule is Cc1ccc[n+]([O-])c1-c1c(OC(=O)[C@@H]2CCCN2C(=O)OCc2ccccc2)cccc1OC(=O)[C@@H]1CCCN1C(=O)OCc1ccccc1. The molecule has 2 fully saturated rings. The molecule has 6 rings (SSSR count). The van der Waals surface area contributed by atoms with Crippen LogP contribution in [0.5, 0.6) is 11.5 Å². The molecule has 0 N–H and O–H groups in total. The van der Waals surface area contributed by atoms with Gasteiger partial charge >= 0.3 is 24.1 Å². The molecule has 50 heavy (non-hydrogen) atoms. The molecule has 0 saturated carbocycles. The zero-order chi connectivity index (χ0) is 35.0. The molecule has 3 heterocycles. The molecule has 2 saturated heterocycles. The lowest BCUT2D eigenvalue weighted by molar-refractivity contribution is -0.594. The van der Waals surface area contributed by atoms with Gasteiger partial charge < -0.3 is 24.2 Å². The molecule has 3 aromatic carbocycles. The lowest BCUT2D eigenvalue weighted by Crippen LogP contribution is -2.43. The van der Waals surface area contributed by atoms with Crippen molar-refractivity contribution in [1.82, 2.24) is 9.80 Å². The number of hydrogen-bond donors (Lipinski definition) is 0. The minimum absolute atomic E-state index is 0.0331. The topological polar surface area (TPSA) is 139 Å². The van der Waals surface area contributed by atoms with Gasteiger partial charge in [-0.05, 0) is 61.9 Å². The van der Waals surface area contributed by atoms with Gasteiger partial charge in [0.2, 0.25) is 5.69 Å². The fourth-order valence-corrected chi connectivity index (χ4v) is 6.23. The van der Waals surface area contributed by atoms with Crippen LogP contribution in [-0.2, 0) is 32.3 Å². The fourth-order valence-electron chi connectivity index (χ4n) is 6.23. The number of benzene rings is 3. The van der Waals surface area contributed by atoms with Crippen LogP contribution in [0.4, 0.5) is 9.59 Å². The zero-order valence-electron chi connectivity index (χ0n) is 27.6. The molecule has 2 atom stereocenters. The molecule has 2 amide bonds. The fraction of sp³-hybridized carbons (Fsp3) is 0.289. The predicted octanol–water partition coefficient (Wildman–Crippen LogP) is 5.71. The van der Waals surface area contributed by atoms with E-state index in [0.717, 1.165) is 11.1 Å². The molecule has 0 radical (unpaired) electrons. The first kappa shape index (κ1) is 34.0. The van der Waals surface area contributed by atoms with Crippen LogP contribution >= 0.6 is 0 Å². The van der Waals surface area contributed by atoms with Gasteiger partial charge in [0.05, 0.1) is 0 Å². The second-order valence-electron chi connectivity index (χ2n) is 12.1. The van der Waals surface area contributed by atoms with Crippen molar-refractivity contribution in [3.05, 3.63) is 119 Å². The van der Waals surface area contributed by atoms with E-state index in [1.54, 1.807) is 19.1 Å². The maximum absolute atomic E-state index is 13.7. The minimum Gasteiger partial charge on any atom is -0.618 e. The van der Waals surface area contributed by atoms with Crippen molar-refractivity contribution < 1.29 is 42.9 Å². The summed E-state index contributed by atoms with van der Waals surface area (Å²) in [5, 5.41) is 13.2. The normalized spacial score (nSPS) is 16.9. The first-order valence-electron chi connectivity index (χ1n) is 16.5. The number of aromatic nitrogens is 1. The van der Waals surface area contributed by atoms with E-state index in [0.29, 0.717) is 49.1 Å². The van der Waals surface area contributed by atoms with Crippen LogP contribution in [0.15, 0.2) is 97.2 Å². The van der Waals surface area contributed by atoms with Gasteiger partial charge in [-0.1, -0.05) is 66.7 Å². The van der Waals surface area contributed by atoms with Crippen molar-refractivity contribution in [2.75, 3.05) is 13.1 Å². The Morgan fingerprint density at radius 1 is 0.680 bits per heavy atom. The molecule has 0 aliphatic carbocycles. The van der Waals surface area contributed by atoms with Crippen LogP contribution in [0.1, 0.15) is 42.4 Å². The number of carbonyl (C=O) groups is 4. The zero-order valence-corrected chi connectivity index (χ0v) is 27.6. The van der Waals surface area contributed by atoms with E-state index >= 15 is 0 Å². The minimum atomic E-state index is -0.928. The van der Waals surface area contributed by atoms with Gasteiger partial charge in [-0.2, -0.15) is 4.73 Å². The predicted molar refractivity (Wildman–Crippen MR) is 180 cm³/mol. The Hall–Kier alpha value is -5.91. The van der Waals surface area contributed by atoms with Gasteiger partial charge in [0.25, 0.3) is 0 Å². The molecule has 2 aliphatic rings. The first-order valence-corrected chi connectivity index (χ1v) is 16.5. The summed E-state index contributed by atoms with van der Waals surface area (Å²) in [5.41, 5.74) is 2.33. The number of rotatable bonds is 9. The second kappa shape index (κ2) is 15.5. The molecule has 0 unspecified atom stereocenters. The number of hydrogen-bond acceptors (Lipinski definition) is 9. The average molecular weight is 680 g/mol. The van der Waals surface area contributed by atoms with E-state index in [1.807, 2.05) is 60.7 Å². The molecular formula is C38H37N3O9. The number of pyridine rings is 1. The maximum atomic E-state index is 13.7. The lowest BCUT2D eigenvalue weighted by Gasteiger charge is -2.24. The van der Waals surface area contributed by atoms with Gasteiger partial charge in [-0.25, -0.2) is 19.2 Å². The van der Waals surface area contributed by atoms with E-state index in [-0.39, 0.29) is 36.0 Å². The first-order chi connectivity index (χ1) is 24.3. The van der Waals surface area contributed by atoms with Crippen LogP contribution in [0.25, 0.3) is 11.3 Å². The van der Waals surface area contributed by atoms with Crippen LogP contribution in [0.2, 0.25) is 0 Å². The average Bonchev–Trinajstić information content (AvgIpc) is 3.83. The van der Waals surface area contributed by atoms with Crippen molar-refractivity contribution in [1.29, 1.82) is 0 Å². The van der Waals surface area contributed by atoms with Crippen molar-refractivity contribution in [3.8, 4) is 22.8 Å². The molecule has 0 bridgehead atoms. The number of likely N-dealkylation sites (tertiary alicyclic amines) is 2. The Morgan fingerprint density at radius 3 is 1.62 bits per heavy atom. The third-order valence-corrected chi connectivity index (χ3v) is 8.74. The monoisotopic (exact) mass is 679 g/mol. The molecule has 4 aromatic rings. The Balaban J connectivity index is 1.21. The van der Waals surface area contributed by atoms with Crippen molar-refractivity contribution >= 4 is 24.1 Å². The van der Waals surface area contributed by atoms with E-state index in [9.17, 15) is 24.4 Å². The van der Waals surface area contributed by atoms with Crippen LogP contribution in [0, 0.1) is 12.1 Å².